The number of nitrogens with zero attached hydrogens (tertiary/aromatic N) is 2. The van der Waals surface area contributed by atoms with Crippen LogP contribution in [0.5, 0.6) is 0 Å². The second-order valence-electron chi connectivity index (χ2n) is 6.74. The number of hydrogen-bond acceptors (Lipinski definition) is 5. The lowest BCUT2D eigenvalue weighted by Gasteiger charge is -2.15. The van der Waals surface area contributed by atoms with Crippen molar-refractivity contribution < 1.29 is 18.4 Å². The summed E-state index contributed by atoms with van der Waals surface area (Å²) in [5.41, 5.74) is 1.16. The molecule has 158 valence electrons. The third-order valence-electron chi connectivity index (χ3n) is 4.46. The van der Waals surface area contributed by atoms with Gasteiger partial charge >= 0.3 is 0 Å². The monoisotopic (exact) mass is 501 g/mol. The number of furan rings is 1. The number of carbonyl (C=O) groups excluding carboxylic acids is 2. The summed E-state index contributed by atoms with van der Waals surface area (Å²) >= 11 is 4.56. The molecular formula is C22H17BrFN3O3S. The summed E-state index contributed by atoms with van der Waals surface area (Å²) in [5, 5.41) is 2.62. The second-order valence-corrected chi connectivity index (χ2v) is 8.83. The number of thioether (sulfide) groups is 1. The fourth-order valence-corrected chi connectivity index (χ4v) is 4.39. The Bertz CT molecular complexity index is 1100. The highest BCUT2D eigenvalue weighted by atomic mass is 79.9. The SMILES string of the molecule is O=C(C[C@H]1SC(=Nc2ccc(F)cc2)N(Cc2ccco2)C1=O)Nc1ccc(Br)cc1. The number of hydrogen-bond donors (Lipinski definition) is 1. The van der Waals surface area contributed by atoms with Crippen molar-refractivity contribution in [2.75, 3.05) is 5.32 Å². The molecular weight excluding hydrogens is 485 g/mol. The molecule has 0 spiro atoms. The molecule has 1 aliphatic rings. The van der Waals surface area contributed by atoms with Gasteiger partial charge in [0, 0.05) is 16.6 Å². The molecule has 2 aromatic carbocycles. The molecule has 3 aromatic rings. The van der Waals surface area contributed by atoms with E-state index in [2.05, 4.69) is 26.2 Å². The average Bonchev–Trinajstić information content (AvgIpc) is 3.36. The van der Waals surface area contributed by atoms with Crippen molar-refractivity contribution in [1.82, 2.24) is 4.90 Å². The van der Waals surface area contributed by atoms with Gasteiger partial charge in [-0.3, -0.25) is 14.5 Å². The van der Waals surface area contributed by atoms with E-state index < -0.39 is 5.25 Å². The molecule has 1 N–H and O–H groups in total. The largest absolute Gasteiger partial charge is 0.467 e. The van der Waals surface area contributed by atoms with Crippen molar-refractivity contribution in [3.05, 3.63) is 83.0 Å². The van der Waals surface area contributed by atoms with Crippen LogP contribution in [0.1, 0.15) is 12.2 Å². The summed E-state index contributed by atoms with van der Waals surface area (Å²) in [6.07, 6.45) is 1.53. The Labute approximate surface area is 190 Å². The average molecular weight is 502 g/mol. The van der Waals surface area contributed by atoms with Crippen LogP contribution >= 0.6 is 27.7 Å². The van der Waals surface area contributed by atoms with E-state index in [4.69, 9.17) is 4.42 Å². The highest BCUT2D eigenvalue weighted by Gasteiger charge is 2.39. The van der Waals surface area contributed by atoms with Gasteiger partial charge in [-0.2, -0.15) is 0 Å². The Morgan fingerprint density at radius 1 is 1.16 bits per heavy atom. The summed E-state index contributed by atoms with van der Waals surface area (Å²) in [6, 6.07) is 16.4. The van der Waals surface area contributed by atoms with Gasteiger partial charge < -0.3 is 9.73 Å². The van der Waals surface area contributed by atoms with Crippen molar-refractivity contribution in [2.24, 2.45) is 4.99 Å². The van der Waals surface area contributed by atoms with E-state index in [1.807, 2.05) is 12.1 Å². The first-order chi connectivity index (χ1) is 15.0. The highest BCUT2D eigenvalue weighted by molar-refractivity contribution is 9.10. The molecule has 0 aliphatic carbocycles. The summed E-state index contributed by atoms with van der Waals surface area (Å²) in [4.78, 5) is 31.6. The first kappa shape index (κ1) is 21.3. The topological polar surface area (TPSA) is 74.9 Å². The minimum absolute atomic E-state index is 0.00332. The van der Waals surface area contributed by atoms with Crippen molar-refractivity contribution >= 4 is 56.0 Å². The smallest absolute Gasteiger partial charge is 0.243 e. The molecule has 0 bridgehead atoms. The molecule has 1 aliphatic heterocycles. The zero-order valence-corrected chi connectivity index (χ0v) is 18.5. The minimum atomic E-state index is -0.621. The third-order valence-corrected chi connectivity index (χ3v) is 6.17. The fourth-order valence-electron chi connectivity index (χ4n) is 2.97. The summed E-state index contributed by atoms with van der Waals surface area (Å²) in [7, 11) is 0. The lowest BCUT2D eigenvalue weighted by Crippen LogP contribution is -2.33. The molecule has 1 atom stereocenters. The van der Waals surface area contributed by atoms with Gasteiger partial charge in [0.25, 0.3) is 0 Å². The summed E-state index contributed by atoms with van der Waals surface area (Å²) < 4.78 is 19.5. The summed E-state index contributed by atoms with van der Waals surface area (Å²) in [5.74, 6) is -0.267. The molecule has 2 amide bonds. The third kappa shape index (κ3) is 5.42. The van der Waals surface area contributed by atoms with Crippen molar-refractivity contribution in [1.29, 1.82) is 0 Å². The van der Waals surface area contributed by atoms with Crippen molar-refractivity contribution in [3.63, 3.8) is 0 Å². The van der Waals surface area contributed by atoms with Gasteiger partial charge in [-0.1, -0.05) is 27.7 Å². The van der Waals surface area contributed by atoms with E-state index in [1.54, 1.807) is 24.3 Å². The van der Waals surface area contributed by atoms with E-state index in [9.17, 15) is 14.0 Å². The van der Waals surface area contributed by atoms with Gasteiger partial charge in [0.1, 0.15) is 16.8 Å². The molecule has 1 fully saturated rings. The maximum Gasteiger partial charge on any atom is 0.243 e. The van der Waals surface area contributed by atoms with E-state index in [0.29, 0.717) is 22.3 Å². The van der Waals surface area contributed by atoms with Gasteiger partial charge in [-0.05, 0) is 60.7 Å². The number of benzene rings is 2. The van der Waals surface area contributed by atoms with Crippen molar-refractivity contribution in [3.8, 4) is 0 Å². The predicted molar refractivity (Wildman–Crippen MR) is 122 cm³/mol. The first-order valence-corrected chi connectivity index (χ1v) is 11.1. The Kier molecular flexibility index (Phi) is 6.53. The van der Waals surface area contributed by atoms with Crippen LogP contribution in [0.15, 0.2) is 80.8 Å². The number of carbonyl (C=O) groups is 2. The number of aliphatic imine (C=N–C) groups is 1. The summed E-state index contributed by atoms with van der Waals surface area (Å²) in [6.45, 7) is 0.198. The maximum absolute atomic E-state index is 13.2. The number of anilines is 1. The zero-order chi connectivity index (χ0) is 21.8. The number of rotatable bonds is 6. The van der Waals surface area contributed by atoms with Crippen LogP contribution in [-0.2, 0) is 16.1 Å². The van der Waals surface area contributed by atoms with Gasteiger partial charge in [-0.15, -0.1) is 0 Å². The van der Waals surface area contributed by atoms with Gasteiger partial charge in [0.05, 0.1) is 18.5 Å². The number of nitrogens with one attached hydrogen (secondary N) is 1. The van der Waals surface area contributed by atoms with Gasteiger partial charge in [0.2, 0.25) is 11.8 Å². The fraction of sp³-hybridized carbons (Fsp3) is 0.136. The predicted octanol–water partition coefficient (Wildman–Crippen LogP) is 5.34. The molecule has 31 heavy (non-hydrogen) atoms. The second kappa shape index (κ2) is 9.49. The molecule has 2 heterocycles. The maximum atomic E-state index is 13.2. The highest BCUT2D eigenvalue weighted by Crippen LogP contribution is 2.33. The molecule has 0 saturated carbocycles. The Balaban J connectivity index is 1.51. The molecule has 1 aromatic heterocycles. The van der Waals surface area contributed by atoms with E-state index in [-0.39, 0.29) is 30.6 Å². The van der Waals surface area contributed by atoms with Gasteiger partial charge in [-0.25, -0.2) is 9.38 Å². The number of amides is 2. The molecule has 0 radical (unpaired) electrons. The first-order valence-electron chi connectivity index (χ1n) is 9.38. The zero-order valence-electron chi connectivity index (χ0n) is 16.1. The lowest BCUT2D eigenvalue weighted by molar-refractivity contribution is -0.128. The van der Waals surface area contributed by atoms with Crippen LogP contribution in [0, 0.1) is 5.82 Å². The van der Waals surface area contributed by atoms with E-state index in [1.165, 1.54) is 47.2 Å². The van der Waals surface area contributed by atoms with Crippen LogP contribution in [0.25, 0.3) is 0 Å². The lowest BCUT2D eigenvalue weighted by atomic mass is 10.2. The normalized spacial score (nSPS) is 17.4. The molecule has 0 unspecified atom stereocenters. The van der Waals surface area contributed by atoms with Crippen LogP contribution in [0.3, 0.4) is 0 Å². The van der Waals surface area contributed by atoms with Crippen LogP contribution in [0.2, 0.25) is 0 Å². The number of amidine groups is 1. The quantitative estimate of drug-likeness (QED) is 0.494. The Hall–Kier alpha value is -2.91. The molecule has 1 saturated heterocycles. The minimum Gasteiger partial charge on any atom is -0.467 e. The Morgan fingerprint density at radius 3 is 2.58 bits per heavy atom. The van der Waals surface area contributed by atoms with E-state index >= 15 is 0 Å². The molecule has 4 rings (SSSR count). The van der Waals surface area contributed by atoms with Gasteiger partial charge in [0.15, 0.2) is 5.17 Å². The standard InChI is InChI=1S/C22H17BrFN3O3S/c23-14-3-7-16(8-4-14)25-20(28)12-19-21(29)27(13-18-2-1-11-30-18)22(31-19)26-17-9-5-15(24)6-10-17/h1-11,19H,12-13H2,(H,25,28)/t19-/m1/s1. The van der Waals surface area contributed by atoms with Crippen molar-refractivity contribution in [2.45, 2.75) is 18.2 Å². The van der Waals surface area contributed by atoms with Crippen LogP contribution in [0.4, 0.5) is 15.8 Å². The van der Waals surface area contributed by atoms with E-state index in [0.717, 1.165) is 4.47 Å². The molecule has 6 nitrogen and oxygen atoms in total. The van der Waals surface area contributed by atoms with Crippen LogP contribution < -0.4 is 5.32 Å². The molecule has 9 heteroatoms. The Morgan fingerprint density at radius 2 is 1.90 bits per heavy atom. The number of halogens is 2. The van der Waals surface area contributed by atoms with Crippen LogP contribution in [-0.4, -0.2) is 27.1 Å².